The monoisotopic (exact) mass is 358 g/mol. The van der Waals surface area contributed by atoms with Crippen molar-refractivity contribution in [2.45, 2.75) is 26.3 Å². The molecule has 5 heteroatoms. The number of nitrogens with one attached hydrogen (secondary N) is 1. The number of carbonyl (C=O) groups is 2. The van der Waals surface area contributed by atoms with Crippen molar-refractivity contribution in [2.75, 3.05) is 13.6 Å². The molecule has 0 saturated heterocycles. The van der Waals surface area contributed by atoms with Crippen molar-refractivity contribution in [3.05, 3.63) is 70.2 Å². The number of hydrogen-bond donors (Lipinski definition) is 1. The number of aryl methyl sites for hydroxylation is 1. The van der Waals surface area contributed by atoms with Crippen molar-refractivity contribution in [2.24, 2.45) is 0 Å². The van der Waals surface area contributed by atoms with Crippen molar-refractivity contribution in [3.8, 4) is 0 Å². The fourth-order valence-electron chi connectivity index (χ4n) is 2.56. The minimum atomic E-state index is -0.153. The maximum Gasteiger partial charge on any atom is 0.251 e. The highest BCUT2D eigenvalue weighted by Crippen LogP contribution is 2.21. The molecule has 0 aliphatic carbocycles. The Morgan fingerprint density at radius 3 is 2.40 bits per heavy atom. The van der Waals surface area contributed by atoms with Gasteiger partial charge in [-0.05, 0) is 43.2 Å². The van der Waals surface area contributed by atoms with Crippen LogP contribution in [0.3, 0.4) is 0 Å². The Hall–Kier alpha value is -2.33. The van der Waals surface area contributed by atoms with Gasteiger partial charge in [-0.25, -0.2) is 0 Å². The summed E-state index contributed by atoms with van der Waals surface area (Å²) in [6.07, 6.45) is 0.256. The van der Waals surface area contributed by atoms with Gasteiger partial charge < -0.3 is 10.2 Å². The molecule has 1 unspecified atom stereocenters. The first kappa shape index (κ1) is 19.0. The summed E-state index contributed by atoms with van der Waals surface area (Å²) < 4.78 is 0. The topological polar surface area (TPSA) is 49.4 Å². The van der Waals surface area contributed by atoms with E-state index >= 15 is 0 Å². The Balaban J connectivity index is 1.86. The molecule has 0 aliphatic heterocycles. The third-order valence-corrected chi connectivity index (χ3v) is 4.59. The number of nitrogens with zero attached hydrogens (tertiary/aromatic N) is 1. The molecule has 2 rings (SSSR count). The molecule has 2 aromatic rings. The first-order chi connectivity index (χ1) is 11.9. The third kappa shape index (κ3) is 5.07. The normalized spacial score (nSPS) is 11.7. The van der Waals surface area contributed by atoms with Gasteiger partial charge in [-0.3, -0.25) is 9.59 Å². The minimum Gasteiger partial charge on any atom is -0.352 e. The average Bonchev–Trinajstić information content (AvgIpc) is 2.61. The van der Waals surface area contributed by atoms with E-state index in [9.17, 15) is 9.59 Å². The molecule has 0 saturated carbocycles. The van der Waals surface area contributed by atoms with E-state index in [2.05, 4.69) is 5.32 Å². The molecule has 132 valence electrons. The summed E-state index contributed by atoms with van der Waals surface area (Å²) in [5.41, 5.74) is 2.57. The Morgan fingerprint density at radius 1 is 1.12 bits per heavy atom. The molecule has 4 nitrogen and oxygen atoms in total. The zero-order valence-corrected chi connectivity index (χ0v) is 15.5. The van der Waals surface area contributed by atoms with Crippen LogP contribution in [0.25, 0.3) is 0 Å². The van der Waals surface area contributed by atoms with Crippen molar-refractivity contribution in [3.63, 3.8) is 0 Å². The van der Waals surface area contributed by atoms with E-state index in [1.807, 2.05) is 56.3 Å². The summed E-state index contributed by atoms with van der Waals surface area (Å²) in [5.74, 6) is -0.174. The van der Waals surface area contributed by atoms with Gasteiger partial charge in [0.05, 0.1) is 6.04 Å². The number of amides is 2. The summed E-state index contributed by atoms with van der Waals surface area (Å²) in [7, 11) is 1.77. The zero-order chi connectivity index (χ0) is 18.4. The Labute approximate surface area is 153 Å². The number of rotatable bonds is 6. The van der Waals surface area contributed by atoms with Gasteiger partial charge in [0.15, 0.2) is 0 Å². The van der Waals surface area contributed by atoms with Crippen molar-refractivity contribution < 1.29 is 9.59 Å². The van der Waals surface area contributed by atoms with Crippen LogP contribution in [0.15, 0.2) is 48.5 Å². The molecule has 0 fully saturated rings. The molecule has 0 bridgehead atoms. The summed E-state index contributed by atoms with van der Waals surface area (Å²) in [6, 6.07) is 14.8. The van der Waals surface area contributed by atoms with Gasteiger partial charge >= 0.3 is 0 Å². The fraction of sp³-hybridized carbons (Fsp3) is 0.300. The summed E-state index contributed by atoms with van der Waals surface area (Å²) in [6.45, 7) is 4.17. The highest BCUT2D eigenvalue weighted by molar-refractivity contribution is 6.30. The molecule has 0 aliphatic rings. The molecule has 0 aromatic heterocycles. The lowest BCUT2D eigenvalue weighted by Gasteiger charge is -2.25. The van der Waals surface area contributed by atoms with Gasteiger partial charge in [0, 0.05) is 30.6 Å². The molecule has 1 N–H and O–H groups in total. The maximum absolute atomic E-state index is 12.4. The largest absolute Gasteiger partial charge is 0.352 e. The van der Waals surface area contributed by atoms with Crippen LogP contribution in [-0.4, -0.2) is 30.3 Å². The maximum atomic E-state index is 12.4. The molecule has 0 spiro atoms. The van der Waals surface area contributed by atoms with E-state index in [-0.39, 0.29) is 24.3 Å². The van der Waals surface area contributed by atoms with Gasteiger partial charge in [0.25, 0.3) is 5.91 Å². The van der Waals surface area contributed by atoms with Gasteiger partial charge in [-0.2, -0.15) is 0 Å². The Morgan fingerprint density at radius 2 is 1.76 bits per heavy atom. The van der Waals surface area contributed by atoms with Crippen LogP contribution in [0.4, 0.5) is 0 Å². The second-order valence-corrected chi connectivity index (χ2v) is 6.49. The minimum absolute atomic E-state index is 0.0208. The number of carbonyl (C=O) groups excluding carboxylic acids is 2. The number of halogens is 1. The predicted molar refractivity (Wildman–Crippen MR) is 101 cm³/mol. The van der Waals surface area contributed by atoms with Crippen molar-refractivity contribution in [1.82, 2.24) is 10.2 Å². The van der Waals surface area contributed by atoms with Gasteiger partial charge in [0.2, 0.25) is 5.91 Å². The predicted octanol–water partition coefficient (Wildman–Crippen LogP) is 3.99. The van der Waals surface area contributed by atoms with Gasteiger partial charge in [0.1, 0.15) is 0 Å². The molecular weight excluding hydrogens is 336 g/mol. The molecule has 2 amide bonds. The number of hydrogen-bond acceptors (Lipinski definition) is 2. The molecule has 25 heavy (non-hydrogen) atoms. The van der Waals surface area contributed by atoms with Crippen molar-refractivity contribution in [1.29, 1.82) is 0 Å². The first-order valence-corrected chi connectivity index (χ1v) is 8.63. The van der Waals surface area contributed by atoms with Crippen LogP contribution in [0, 0.1) is 6.92 Å². The standard InChI is InChI=1S/C20H23ClN2O2/c1-14-6-4-5-7-18(14)20(25)22-13-12-19(24)23(3)15(2)16-8-10-17(21)11-9-16/h4-11,15H,12-13H2,1-3H3,(H,22,25). The number of benzene rings is 2. The second kappa shape index (κ2) is 8.67. The summed E-state index contributed by atoms with van der Waals surface area (Å²) in [5, 5.41) is 3.48. The highest BCUT2D eigenvalue weighted by atomic mass is 35.5. The molecule has 2 aromatic carbocycles. The molecule has 0 heterocycles. The summed E-state index contributed by atoms with van der Waals surface area (Å²) >= 11 is 5.90. The van der Waals surface area contributed by atoms with E-state index in [1.165, 1.54) is 0 Å². The van der Waals surface area contributed by atoms with Crippen LogP contribution in [0.2, 0.25) is 5.02 Å². The van der Waals surface area contributed by atoms with E-state index < -0.39 is 0 Å². The van der Waals surface area contributed by atoms with E-state index in [1.54, 1.807) is 18.0 Å². The molecule has 0 radical (unpaired) electrons. The summed E-state index contributed by atoms with van der Waals surface area (Å²) in [4.78, 5) is 26.2. The van der Waals surface area contributed by atoms with E-state index in [4.69, 9.17) is 11.6 Å². The van der Waals surface area contributed by atoms with Gasteiger partial charge in [-0.1, -0.05) is 41.9 Å². The highest BCUT2D eigenvalue weighted by Gasteiger charge is 2.17. The Kier molecular flexibility index (Phi) is 6.59. The molecule has 1 atom stereocenters. The van der Waals surface area contributed by atoms with Crippen LogP contribution >= 0.6 is 11.6 Å². The van der Waals surface area contributed by atoms with E-state index in [0.717, 1.165) is 11.1 Å². The van der Waals surface area contributed by atoms with Crippen LogP contribution in [0.5, 0.6) is 0 Å². The Bertz CT molecular complexity index is 744. The zero-order valence-electron chi connectivity index (χ0n) is 14.8. The quantitative estimate of drug-likeness (QED) is 0.848. The van der Waals surface area contributed by atoms with Crippen LogP contribution in [-0.2, 0) is 4.79 Å². The van der Waals surface area contributed by atoms with Crippen LogP contribution in [0.1, 0.15) is 40.9 Å². The second-order valence-electron chi connectivity index (χ2n) is 6.05. The third-order valence-electron chi connectivity index (χ3n) is 4.34. The van der Waals surface area contributed by atoms with Crippen molar-refractivity contribution >= 4 is 23.4 Å². The SMILES string of the molecule is Cc1ccccc1C(=O)NCCC(=O)N(C)C(C)c1ccc(Cl)cc1. The first-order valence-electron chi connectivity index (χ1n) is 8.25. The van der Waals surface area contributed by atoms with Crippen LogP contribution < -0.4 is 5.32 Å². The lowest BCUT2D eigenvalue weighted by Crippen LogP contribution is -2.33. The fourth-order valence-corrected chi connectivity index (χ4v) is 2.69. The lowest BCUT2D eigenvalue weighted by molar-refractivity contribution is -0.131. The van der Waals surface area contributed by atoms with E-state index in [0.29, 0.717) is 17.1 Å². The average molecular weight is 359 g/mol. The smallest absolute Gasteiger partial charge is 0.251 e. The van der Waals surface area contributed by atoms with Gasteiger partial charge in [-0.15, -0.1) is 0 Å². The lowest BCUT2D eigenvalue weighted by atomic mass is 10.1. The molecular formula is C20H23ClN2O2.